The predicted molar refractivity (Wildman–Crippen MR) is 113 cm³/mol. The first kappa shape index (κ1) is 18.3. The van der Waals surface area contributed by atoms with Gasteiger partial charge in [0, 0.05) is 11.3 Å². The molecular formula is C23H19ClN2O2. The fourth-order valence-corrected chi connectivity index (χ4v) is 3.37. The molecule has 1 N–H and O–H groups in total. The van der Waals surface area contributed by atoms with E-state index in [1.54, 1.807) is 12.1 Å². The van der Waals surface area contributed by atoms with Gasteiger partial charge in [-0.15, -0.1) is 0 Å². The van der Waals surface area contributed by atoms with E-state index in [9.17, 15) is 4.79 Å². The number of nitrogens with one attached hydrogen (secondary N) is 1. The number of nitrogens with zero attached hydrogens (tertiary/aromatic N) is 1. The zero-order valence-corrected chi connectivity index (χ0v) is 16.4. The minimum Gasteiger partial charge on any atom is -0.436 e. The first-order chi connectivity index (χ1) is 13.5. The van der Waals surface area contributed by atoms with Crippen molar-refractivity contribution in [3.05, 3.63) is 82.4 Å². The first-order valence-corrected chi connectivity index (χ1v) is 9.48. The maximum absolute atomic E-state index is 12.6. The molecule has 0 spiro atoms. The number of rotatable bonds is 4. The van der Waals surface area contributed by atoms with Gasteiger partial charge in [0.05, 0.1) is 10.6 Å². The Balaban J connectivity index is 1.61. The minimum atomic E-state index is -0.257. The Morgan fingerprint density at radius 2 is 1.96 bits per heavy atom. The Hall–Kier alpha value is -3.11. The second-order valence-corrected chi connectivity index (χ2v) is 7.10. The number of aryl methyl sites for hydroxylation is 2. The van der Waals surface area contributed by atoms with Gasteiger partial charge in [0.25, 0.3) is 5.91 Å². The number of fused-ring (bicyclic) bond motifs is 1. The number of anilines is 1. The first-order valence-electron chi connectivity index (χ1n) is 9.11. The molecule has 5 heteroatoms. The van der Waals surface area contributed by atoms with Gasteiger partial charge in [0.15, 0.2) is 5.58 Å². The van der Waals surface area contributed by atoms with Crippen LogP contribution in [-0.2, 0) is 6.42 Å². The van der Waals surface area contributed by atoms with Crippen LogP contribution in [0.4, 0.5) is 5.69 Å². The number of aromatic nitrogens is 1. The third-order valence-corrected chi connectivity index (χ3v) is 4.91. The molecule has 0 aliphatic rings. The maximum Gasteiger partial charge on any atom is 0.257 e. The maximum atomic E-state index is 12.6. The van der Waals surface area contributed by atoms with E-state index in [1.165, 1.54) is 5.56 Å². The number of carbonyl (C=O) groups excluding carboxylic acids is 1. The molecule has 4 rings (SSSR count). The molecule has 0 aliphatic carbocycles. The number of amides is 1. The van der Waals surface area contributed by atoms with Crippen LogP contribution in [0.15, 0.2) is 65.1 Å². The third-order valence-electron chi connectivity index (χ3n) is 4.60. The number of halogens is 1. The highest BCUT2D eigenvalue weighted by atomic mass is 35.5. The fraction of sp³-hybridized carbons (Fsp3) is 0.130. The molecule has 0 atom stereocenters. The molecular weight excluding hydrogens is 372 g/mol. The van der Waals surface area contributed by atoms with Crippen molar-refractivity contribution >= 4 is 34.3 Å². The van der Waals surface area contributed by atoms with Crippen LogP contribution in [0.3, 0.4) is 0 Å². The number of hydrogen-bond acceptors (Lipinski definition) is 3. The van der Waals surface area contributed by atoms with E-state index in [2.05, 4.69) is 17.2 Å². The molecule has 0 unspecified atom stereocenters. The highest BCUT2D eigenvalue weighted by Gasteiger charge is 2.13. The van der Waals surface area contributed by atoms with Gasteiger partial charge in [0.1, 0.15) is 5.52 Å². The van der Waals surface area contributed by atoms with Crippen LogP contribution in [0, 0.1) is 6.92 Å². The Morgan fingerprint density at radius 1 is 1.11 bits per heavy atom. The van der Waals surface area contributed by atoms with E-state index in [1.807, 2.05) is 55.5 Å². The monoisotopic (exact) mass is 390 g/mol. The molecule has 0 bridgehead atoms. The van der Waals surface area contributed by atoms with Crippen LogP contribution in [-0.4, -0.2) is 10.9 Å². The van der Waals surface area contributed by atoms with Crippen molar-refractivity contribution in [3.63, 3.8) is 0 Å². The van der Waals surface area contributed by atoms with E-state index in [-0.39, 0.29) is 5.91 Å². The molecule has 0 saturated heterocycles. The second kappa shape index (κ2) is 7.49. The number of benzene rings is 3. The highest BCUT2D eigenvalue weighted by molar-refractivity contribution is 6.34. The summed E-state index contributed by atoms with van der Waals surface area (Å²) in [5.41, 5.74) is 5.67. The summed E-state index contributed by atoms with van der Waals surface area (Å²) in [6, 6.07) is 18.8. The topological polar surface area (TPSA) is 55.1 Å². The molecule has 4 nitrogen and oxygen atoms in total. The van der Waals surface area contributed by atoms with Gasteiger partial charge in [-0.3, -0.25) is 4.79 Å². The van der Waals surface area contributed by atoms with Crippen LogP contribution in [0.2, 0.25) is 5.02 Å². The lowest BCUT2D eigenvalue weighted by Crippen LogP contribution is -2.12. The molecule has 0 radical (unpaired) electrons. The van der Waals surface area contributed by atoms with Crippen LogP contribution in [0.5, 0.6) is 0 Å². The zero-order chi connectivity index (χ0) is 19.7. The summed E-state index contributed by atoms with van der Waals surface area (Å²) in [5.74, 6) is 0.264. The smallest absolute Gasteiger partial charge is 0.257 e. The van der Waals surface area contributed by atoms with Crippen LogP contribution in [0.1, 0.15) is 28.4 Å². The molecule has 1 amide bonds. The lowest BCUT2D eigenvalue weighted by molar-refractivity contribution is 0.102. The van der Waals surface area contributed by atoms with Crippen LogP contribution in [0.25, 0.3) is 22.6 Å². The second-order valence-electron chi connectivity index (χ2n) is 6.69. The standard InChI is InChI=1S/C23H19ClN2O2/c1-3-15-8-10-21-20(12-15)26-23(28-21)16-5-4-6-17(13-16)25-22(27)18-9-7-14(2)11-19(18)24/h4-13H,3H2,1-2H3,(H,25,27). The molecule has 140 valence electrons. The van der Waals surface area contributed by atoms with Crippen molar-refractivity contribution in [2.75, 3.05) is 5.32 Å². The van der Waals surface area contributed by atoms with Gasteiger partial charge in [-0.25, -0.2) is 4.98 Å². The van der Waals surface area contributed by atoms with Gasteiger partial charge >= 0.3 is 0 Å². The van der Waals surface area contributed by atoms with Gasteiger partial charge in [-0.2, -0.15) is 0 Å². The lowest BCUT2D eigenvalue weighted by atomic mass is 10.1. The number of hydrogen-bond donors (Lipinski definition) is 1. The SMILES string of the molecule is CCc1ccc2oc(-c3cccc(NC(=O)c4ccc(C)cc4Cl)c3)nc2c1. The molecule has 4 aromatic rings. The molecule has 0 aliphatic heterocycles. The number of oxazole rings is 1. The van der Waals surface area contributed by atoms with E-state index in [0.717, 1.165) is 28.6 Å². The van der Waals surface area contributed by atoms with Crippen LogP contribution >= 0.6 is 11.6 Å². The summed E-state index contributed by atoms with van der Waals surface area (Å²) in [6.45, 7) is 4.04. The summed E-state index contributed by atoms with van der Waals surface area (Å²) >= 11 is 6.20. The Labute approximate surface area is 168 Å². The zero-order valence-electron chi connectivity index (χ0n) is 15.6. The van der Waals surface area contributed by atoms with Crippen molar-refractivity contribution < 1.29 is 9.21 Å². The van der Waals surface area contributed by atoms with Gasteiger partial charge in [0.2, 0.25) is 5.89 Å². The largest absolute Gasteiger partial charge is 0.436 e. The fourth-order valence-electron chi connectivity index (χ4n) is 3.05. The lowest BCUT2D eigenvalue weighted by Gasteiger charge is -2.08. The molecule has 3 aromatic carbocycles. The van der Waals surface area contributed by atoms with Gasteiger partial charge in [-0.05, 0) is 66.9 Å². The highest BCUT2D eigenvalue weighted by Crippen LogP contribution is 2.27. The third kappa shape index (κ3) is 3.64. The summed E-state index contributed by atoms with van der Waals surface area (Å²) < 4.78 is 5.89. The molecule has 0 fully saturated rings. The van der Waals surface area contributed by atoms with Crippen molar-refractivity contribution in [2.24, 2.45) is 0 Å². The summed E-state index contributed by atoms with van der Waals surface area (Å²) in [6.07, 6.45) is 0.946. The quantitative estimate of drug-likeness (QED) is 0.446. The average molecular weight is 391 g/mol. The van der Waals surface area contributed by atoms with Crippen LogP contribution < -0.4 is 5.32 Å². The van der Waals surface area contributed by atoms with E-state index < -0.39 is 0 Å². The Kier molecular flexibility index (Phi) is 4.88. The Morgan fingerprint density at radius 3 is 2.75 bits per heavy atom. The van der Waals surface area contributed by atoms with E-state index in [4.69, 9.17) is 16.0 Å². The van der Waals surface area contributed by atoms with Gasteiger partial charge in [-0.1, -0.05) is 36.7 Å². The van der Waals surface area contributed by atoms with E-state index >= 15 is 0 Å². The van der Waals surface area contributed by atoms with E-state index in [0.29, 0.717) is 22.2 Å². The minimum absolute atomic E-state index is 0.257. The molecule has 1 heterocycles. The predicted octanol–water partition coefficient (Wildman–Crippen LogP) is 6.27. The summed E-state index contributed by atoms with van der Waals surface area (Å²) in [4.78, 5) is 17.2. The molecule has 0 saturated carbocycles. The van der Waals surface area contributed by atoms with Crippen molar-refractivity contribution in [1.82, 2.24) is 4.98 Å². The van der Waals surface area contributed by atoms with Crippen molar-refractivity contribution in [1.29, 1.82) is 0 Å². The van der Waals surface area contributed by atoms with Crippen molar-refractivity contribution in [2.45, 2.75) is 20.3 Å². The summed E-state index contributed by atoms with van der Waals surface area (Å²) in [7, 11) is 0. The van der Waals surface area contributed by atoms with Gasteiger partial charge < -0.3 is 9.73 Å². The number of carbonyl (C=O) groups is 1. The molecule has 28 heavy (non-hydrogen) atoms. The van der Waals surface area contributed by atoms with Crippen molar-refractivity contribution in [3.8, 4) is 11.5 Å². The summed E-state index contributed by atoms with van der Waals surface area (Å²) in [5, 5.41) is 3.32. The normalized spacial score (nSPS) is 11.0. The average Bonchev–Trinajstić information content (AvgIpc) is 3.11. The Bertz CT molecular complexity index is 1180. The molecule has 1 aromatic heterocycles.